The monoisotopic (exact) mass is 329 g/mol. The van der Waals surface area contributed by atoms with Crippen molar-refractivity contribution in [2.75, 3.05) is 6.54 Å². The first kappa shape index (κ1) is 20.8. The first-order valence-corrected chi connectivity index (χ1v) is 7.72. The summed E-state index contributed by atoms with van der Waals surface area (Å²) in [6.45, 7) is 6.05. The molecule has 132 valence electrons. The maximum atomic E-state index is 12.2. The first-order chi connectivity index (χ1) is 10.7. The molecule has 0 aromatic heterocycles. The van der Waals surface area contributed by atoms with Gasteiger partial charge in [0.05, 0.1) is 6.04 Å². The molecular formula is C14H27N5O4. The first-order valence-electron chi connectivity index (χ1n) is 7.72. The van der Waals surface area contributed by atoms with Gasteiger partial charge in [0.2, 0.25) is 5.91 Å². The molecule has 0 aliphatic heterocycles. The molecule has 0 heterocycles. The Morgan fingerprint density at radius 3 is 2.57 bits per heavy atom. The molecule has 0 saturated carbocycles. The predicted octanol–water partition coefficient (Wildman–Crippen LogP) is 0.972. The van der Waals surface area contributed by atoms with Crippen molar-refractivity contribution < 1.29 is 14.6 Å². The molecule has 9 nitrogen and oxygen atoms in total. The Hall–Kier alpha value is -2.19. The summed E-state index contributed by atoms with van der Waals surface area (Å²) in [5, 5.41) is 21.7. The van der Waals surface area contributed by atoms with Gasteiger partial charge in [-0.05, 0) is 19.3 Å². The van der Waals surface area contributed by atoms with Gasteiger partial charge in [-0.15, -0.1) is 0 Å². The lowest BCUT2D eigenvalue weighted by Gasteiger charge is -2.25. The van der Waals surface area contributed by atoms with Crippen LogP contribution in [0.25, 0.3) is 0 Å². The molecule has 0 aliphatic carbocycles. The molecule has 0 rings (SSSR count). The minimum absolute atomic E-state index is 0.154. The van der Waals surface area contributed by atoms with E-state index in [-0.39, 0.29) is 5.91 Å². The van der Waals surface area contributed by atoms with E-state index in [0.29, 0.717) is 25.7 Å². The molecule has 1 atom stereocenters. The molecule has 9 heteroatoms. The average Bonchev–Trinajstić information content (AvgIpc) is 2.47. The van der Waals surface area contributed by atoms with E-state index in [4.69, 9.17) is 5.41 Å². The Bertz CT molecular complexity index is 425. The van der Waals surface area contributed by atoms with Crippen LogP contribution in [0.4, 0.5) is 0 Å². The van der Waals surface area contributed by atoms with Gasteiger partial charge in [-0.2, -0.15) is 0 Å². The highest BCUT2D eigenvalue weighted by Crippen LogP contribution is 2.23. The fraction of sp³-hybridized carbons (Fsp3) is 0.786. The number of unbranched alkanes of at least 4 members (excludes halogenated alkanes) is 1. The normalized spacial score (nSPS) is 12.1. The second-order valence-corrected chi connectivity index (χ2v) is 6.02. The minimum atomic E-state index is -0.831. The van der Waals surface area contributed by atoms with Crippen molar-refractivity contribution in [2.45, 2.75) is 58.9 Å². The number of rotatable bonds is 11. The van der Waals surface area contributed by atoms with Crippen LogP contribution in [0, 0.1) is 20.9 Å². The number of hydrogen-bond acceptors (Lipinski definition) is 5. The number of amides is 1. The number of carbonyl (C=O) groups is 2. The van der Waals surface area contributed by atoms with Crippen molar-refractivity contribution in [3.8, 4) is 0 Å². The van der Waals surface area contributed by atoms with E-state index in [1.165, 1.54) is 0 Å². The average molecular weight is 329 g/mol. The van der Waals surface area contributed by atoms with Crippen LogP contribution in [-0.4, -0.2) is 35.8 Å². The summed E-state index contributed by atoms with van der Waals surface area (Å²) in [7, 11) is 0. The van der Waals surface area contributed by atoms with Crippen molar-refractivity contribution >= 4 is 18.2 Å². The zero-order chi connectivity index (χ0) is 17.9. The Labute approximate surface area is 136 Å². The van der Waals surface area contributed by atoms with Crippen molar-refractivity contribution in [1.82, 2.24) is 16.1 Å². The number of hydrogen-bond donors (Lipinski definition) is 4. The molecule has 23 heavy (non-hydrogen) atoms. The number of aldehydes is 1. The number of guanidine groups is 1. The molecule has 1 amide bonds. The number of hydrazine groups is 1. The Morgan fingerprint density at radius 2 is 2.04 bits per heavy atom. The molecule has 0 spiro atoms. The van der Waals surface area contributed by atoms with Crippen molar-refractivity contribution in [1.29, 1.82) is 5.41 Å². The second kappa shape index (κ2) is 10.5. The molecular weight excluding hydrogens is 302 g/mol. The molecule has 1 unspecified atom stereocenters. The Kier molecular flexibility index (Phi) is 9.52. The molecule has 0 saturated heterocycles. The van der Waals surface area contributed by atoms with Gasteiger partial charge in [-0.25, -0.2) is 10.1 Å². The van der Waals surface area contributed by atoms with Crippen LogP contribution in [0.1, 0.15) is 52.9 Å². The largest absolute Gasteiger partial charge is 0.352 e. The van der Waals surface area contributed by atoms with Gasteiger partial charge in [0.1, 0.15) is 6.29 Å². The second-order valence-electron chi connectivity index (χ2n) is 6.02. The van der Waals surface area contributed by atoms with E-state index in [0.717, 1.165) is 19.3 Å². The molecule has 0 fully saturated rings. The van der Waals surface area contributed by atoms with E-state index in [2.05, 4.69) is 17.6 Å². The number of nitro groups is 1. The van der Waals surface area contributed by atoms with Crippen LogP contribution >= 0.6 is 0 Å². The van der Waals surface area contributed by atoms with Crippen LogP contribution in [0.5, 0.6) is 0 Å². The third-order valence-corrected chi connectivity index (χ3v) is 3.45. The van der Waals surface area contributed by atoms with Gasteiger partial charge in [0.25, 0.3) is 5.96 Å². The molecule has 4 N–H and O–H groups in total. The third-order valence-electron chi connectivity index (χ3n) is 3.45. The van der Waals surface area contributed by atoms with Gasteiger partial charge in [-0.1, -0.05) is 39.0 Å². The summed E-state index contributed by atoms with van der Waals surface area (Å²) in [4.78, 5) is 33.4. The van der Waals surface area contributed by atoms with E-state index >= 15 is 0 Å². The highest BCUT2D eigenvalue weighted by atomic mass is 16.7. The van der Waals surface area contributed by atoms with Crippen LogP contribution < -0.4 is 16.1 Å². The molecule has 0 aromatic rings. The lowest BCUT2D eigenvalue weighted by atomic mass is 9.86. The highest BCUT2D eigenvalue weighted by Gasteiger charge is 2.28. The quantitative estimate of drug-likeness (QED) is 0.111. The zero-order valence-corrected chi connectivity index (χ0v) is 14.0. The lowest BCUT2D eigenvalue weighted by Crippen LogP contribution is -2.44. The summed E-state index contributed by atoms with van der Waals surface area (Å²) in [5.41, 5.74) is 1.15. The summed E-state index contributed by atoms with van der Waals surface area (Å²) in [6, 6.07) is -0.595. The van der Waals surface area contributed by atoms with Crippen molar-refractivity contribution in [2.24, 2.45) is 5.41 Å². The third kappa shape index (κ3) is 9.43. The van der Waals surface area contributed by atoms with E-state index in [1.807, 2.05) is 13.8 Å². The highest BCUT2D eigenvalue weighted by molar-refractivity contribution is 5.84. The van der Waals surface area contributed by atoms with Crippen LogP contribution in [0.2, 0.25) is 0 Å². The van der Waals surface area contributed by atoms with Gasteiger partial charge < -0.3 is 15.4 Å². The van der Waals surface area contributed by atoms with Gasteiger partial charge >= 0.3 is 0 Å². The summed E-state index contributed by atoms with van der Waals surface area (Å²) in [6.07, 6.45) is 4.28. The summed E-state index contributed by atoms with van der Waals surface area (Å²) < 4.78 is 0. The topological polar surface area (TPSA) is 137 Å². The Balaban J connectivity index is 4.15. The van der Waals surface area contributed by atoms with E-state index < -0.39 is 22.4 Å². The SMILES string of the molecule is CCCCC(C)(C)C(=O)NC(C=O)CCCNC(=N)N[N+](=O)[O-]. The van der Waals surface area contributed by atoms with Crippen LogP contribution in [-0.2, 0) is 9.59 Å². The minimum Gasteiger partial charge on any atom is -0.352 e. The van der Waals surface area contributed by atoms with Crippen molar-refractivity contribution in [3.63, 3.8) is 0 Å². The van der Waals surface area contributed by atoms with Gasteiger partial charge in [0, 0.05) is 12.0 Å². The van der Waals surface area contributed by atoms with E-state index in [1.54, 1.807) is 5.43 Å². The summed E-state index contributed by atoms with van der Waals surface area (Å²) >= 11 is 0. The van der Waals surface area contributed by atoms with Gasteiger partial charge in [-0.3, -0.25) is 10.2 Å². The zero-order valence-electron chi connectivity index (χ0n) is 14.0. The number of nitrogens with zero attached hydrogens (tertiary/aromatic N) is 1. The molecule has 0 bridgehead atoms. The molecule has 0 radical (unpaired) electrons. The van der Waals surface area contributed by atoms with Crippen LogP contribution in [0.15, 0.2) is 0 Å². The smallest absolute Gasteiger partial charge is 0.251 e. The number of nitrogens with one attached hydrogen (secondary N) is 4. The standard InChI is InChI=1S/C14H27N5O4/c1-4-5-8-14(2,3)12(21)17-11(10-20)7-6-9-16-13(15)18-19(22)23/h10-11H,4-9H2,1-3H3,(H,17,21)(H3,15,16,18). The maximum absolute atomic E-state index is 12.2. The molecule has 0 aliphatic rings. The fourth-order valence-electron chi connectivity index (χ4n) is 1.94. The summed E-state index contributed by atoms with van der Waals surface area (Å²) in [5.74, 6) is -0.568. The van der Waals surface area contributed by atoms with Gasteiger partial charge in [0.15, 0.2) is 5.03 Å². The Morgan fingerprint density at radius 1 is 1.39 bits per heavy atom. The lowest BCUT2D eigenvalue weighted by molar-refractivity contribution is -0.525. The maximum Gasteiger partial charge on any atom is 0.251 e. The van der Waals surface area contributed by atoms with Crippen molar-refractivity contribution in [3.05, 3.63) is 10.1 Å². The fourth-order valence-corrected chi connectivity index (χ4v) is 1.94. The molecule has 0 aromatic carbocycles. The van der Waals surface area contributed by atoms with Crippen LogP contribution in [0.3, 0.4) is 0 Å². The van der Waals surface area contributed by atoms with E-state index in [9.17, 15) is 19.7 Å². The predicted molar refractivity (Wildman–Crippen MR) is 86.4 cm³/mol. The number of carbonyl (C=O) groups excluding carboxylic acids is 2.